The van der Waals surface area contributed by atoms with Crippen molar-refractivity contribution >= 4 is 16.7 Å². The SMILES string of the molecule is CCc1nc(-n2ccnc2CC)nc2c1[nH]c(=O)c1cnc(CC)n12. The molecule has 0 aromatic carbocycles. The Morgan fingerprint density at radius 3 is 2.56 bits per heavy atom. The summed E-state index contributed by atoms with van der Waals surface area (Å²) in [6.07, 6.45) is 7.37. The Bertz CT molecular complexity index is 1140. The lowest BCUT2D eigenvalue weighted by Crippen LogP contribution is -2.16. The Hall–Kier alpha value is -3.03. The van der Waals surface area contributed by atoms with E-state index in [1.165, 1.54) is 0 Å². The smallest absolute Gasteiger partial charge is 0.274 e. The fourth-order valence-corrected chi connectivity index (χ4v) is 3.13. The summed E-state index contributed by atoms with van der Waals surface area (Å²) in [5.74, 6) is 2.25. The third-order valence-corrected chi connectivity index (χ3v) is 4.37. The summed E-state index contributed by atoms with van der Waals surface area (Å²) in [4.78, 5) is 33.5. The minimum Gasteiger partial charge on any atom is -0.316 e. The lowest BCUT2D eigenvalue weighted by Gasteiger charge is -2.11. The van der Waals surface area contributed by atoms with Gasteiger partial charge in [0.1, 0.15) is 22.7 Å². The zero-order valence-corrected chi connectivity index (χ0v) is 14.4. The van der Waals surface area contributed by atoms with E-state index in [-0.39, 0.29) is 5.56 Å². The van der Waals surface area contributed by atoms with E-state index in [0.717, 1.165) is 23.8 Å². The van der Waals surface area contributed by atoms with Gasteiger partial charge in [0.25, 0.3) is 5.56 Å². The Morgan fingerprint density at radius 1 is 1.04 bits per heavy atom. The molecular formula is C17H19N7O. The van der Waals surface area contributed by atoms with Crippen LogP contribution >= 0.6 is 0 Å². The van der Waals surface area contributed by atoms with Crippen LogP contribution in [0.15, 0.2) is 23.4 Å². The van der Waals surface area contributed by atoms with Gasteiger partial charge in [0.15, 0.2) is 5.65 Å². The number of nitrogens with zero attached hydrogens (tertiary/aromatic N) is 6. The van der Waals surface area contributed by atoms with Crippen LogP contribution < -0.4 is 5.56 Å². The highest BCUT2D eigenvalue weighted by atomic mass is 16.1. The predicted octanol–water partition coefficient (Wildman–Crippen LogP) is 1.84. The molecule has 25 heavy (non-hydrogen) atoms. The highest BCUT2D eigenvalue weighted by Crippen LogP contribution is 2.18. The quantitative estimate of drug-likeness (QED) is 0.613. The van der Waals surface area contributed by atoms with Crippen molar-refractivity contribution in [3.05, 3.63) is 46.3 Å². The first-order valence-corrected chi connectivity index (χ1v) is 8.49. The van der Waals surface area contributed by atoms with Crippen molar-refractivity contribution in [3.63, 3.8) is 0 Å². The van der Waals surface area contributed by atoms with Gasteiger partial charge in [-0.3, -0.25) is 13.8 Å². The molecular weight excluding hydrogens is 318 g/mol. The van der Waals surface area contributed by atoms with Crippen LogP contribution in [-0.4, -0.2) is 33.9 Å². The molecule has 1 N–H and O–H groups in total. The van der Waals surface area contributed by atoms with Crippen LogP contribution in [-0.2, 0) is 19.3 Å². The molecule has 0 aliphatic carbocycles. The van der Waals surface area contributed by atoms with Crippen molar-refractivity contribution in [2.24, 2.45) is 0 Å². The number of fused-ring (bicyclic) bond motifs is 3. The van der Waals surface area contributed by atoms with Gasteiger partial charge in [0, 0.05) is 25.2 Å². The van der Waals surface area contributed by atoms with Crippen molar-refractivity contribution in [2.45, 2.75) is 40.0 Å². The first-order chi connectivity index (χ1) is 12.2. The van der Waals surface area contributed by atoms with E-state index in [4.69, 9.17) is 4.98 Å². The van der Waals surface area contributed by atoms with Crippen molar-refractivity contribution in [1.29, 1.82) is 0 Å². The first kappa shape index (κ1) is 15.5. The molecule has 0 unspecified atom stereocenters. The average Bonchev–Trinajstić information content (AvgIpc) is 3.28. The molecule has 0 amide bonds. The normalized spacial score (nSPS) is 11.6. The fourth-order valence-electron chi connectivity index (χ4n) is 3.13. The molecule has 0 saturated carbocycles. The summed E-state index contributed by atoms with van der Waals surface area (Å²) in [6.45, 7) is 6.06. The number of aromatic nitrogens is 7. The van der Waals surface area contributed by atoms with Gasteiger partial charge < -0.3 is 4.98 Å². The van der Waals surface area contributed by atoms with E-state index in [1.807, 2.05) is 35.9 Å². The predicted molar refractivity (Wildman–Crippen MR) is 94.2 cm³/mol. The zero-order valence-electron chi connectivity index (χ0n) is 14.4. The summed E-state index contributed by atoms with van der Waals surface area (Å²) in [5, 5.41) is 0. The molecule has 8 heteroatoms. The molecule has 0 aliphatic heterocycles. The molecule has 4 heterocycles. The highest BCUT2D eigenvalue weighted by molar-refractivity contribution is 5.77. The van der Waals surface area contributed by atoms with Crippen LogP contribution in [0.3, 0.4) is 0 Å². The maximum Gasteiger partial charge on any atom is 0.274 e. The molecule has 0 fully saturated rings. The molecule has 4 rings (SSSR count). The van der Waals surface area contributed by atoms with E-state index in [9.17, 15) is 4.79 Å². The van der Waals surface area contributed by atoms with Gasteiger partial charge in [-0.2, -0.15) is 4.98 Å². The van der Waals surface area contributed by atoms with E-state index in [2.05, 4.69) is 19.9 Å². The van der Waals surface area contributed by atoms with Gasteiger partial charge in [-0.15, -0.1) is 0 Å². The average molecular weight is 337 g/mol. The van der Waals surface area contributed by atoms with Gasteiger partial charge >= 0.3 is 0 Å². The molecule has 0 atom stereocenters. The molecule has 0 saturated heterocycles. The molecule has 0 bridgehead atoms. The number of nitrogens with one attached hydrogen (secondary N) is 1. The maximum atomic E-state index is 12.4. The summed E-state index contributed by atoms with van der Waals surface area (Å²) < 4.78 is 3.72. The first-order valence-electron chi connectivity index (χ1n) is 8.49. The number of aryl methyl sites for hydroxylation is 3. The van der Waals surface area contributed by atoms with Crippen LogP contribution in [0.5, 0.6) is 0 Å². The standard InChI is InChI=1S/C17H19N7O/c1-4-10-14-15(22-17(20-10)23-8-7-18-12(23)5-2)24-11(16(25)21-14)9-19-13(24)6-3/h7-9H,4-6H2,1-3H3,(H,21,25). The van der Waals surface area contributed by atoms with E-state index < -0.39 is 0 Å². The van der Waals surface area contributed by atoms with E-state index >= 15 is 0 Å². The van der Waals surface area contributed by atoms with Gasteiger partial charge in [0.05, 0.1) is 11.9 Å². The molecule has 4 aromatic rings. The lowest BCUT2D eigenvalue weighted by molar-refractivity contribution is 0.821. The second kappa shape index (κ2) is 5.80. The van der Waals surface area contributed by atoms with Crippen LogP contribution in [0, 0.1) is 0 Å². The van der Waals surface area contributed by atoms with Gasteiger partial charge in [-0.05, 0) is 6.42 Å². The molecule has 0 spiro atoms. The fraction of sp³-hybridized carbons (Fsp3) is 0.353. The topological polar surface area (TPSA) is 93.8 Å². The number of rotatable bonds is 4. The maximum absolute atomic E-state index is 12.4. The number of aromatic amines is 1. The highest BCUT2D eigenvalue weighted by Gasteiger charge is 2.17. The van der Waals surface area contributed by atoms with Crippen LogP contribution in [0.2, 0.25) is 0 Å². The van der Waals surface area contributed by atoms with Crippen LogP contribution in [0.25, 0.3) is 22.6 Å². The third-order valence-electron chi connectivity index (χ3n) is 4.37. The zero-order chi connectivity index (χ0) is 17.6. The Kier molecular flexibility index (Phi) is 3.60. The van der Waals surface area contributed by atoms with Gasteiger partial charge in [-0.1, -0.05) is 20.8 Å². The minimum absolute atomic E-state index is 0.178. The number of hydrogen-bond acceptors (Lipinski definition) is 5. The molecule has 0 aliphatic rings. The Labute approximate surface area is 143 Å². The summed E-state index contributed by atoms with van der Waals surface area (Å²) in [5.41, 5.74) is 2.45. The summed E-state index contributed by atoms with van der Waals surface area (Å²) in [7, 11) is 0. The summed E-state index contributed by atoms with van der Waals surface area (Å²) >= 11 is 0. The van der Waals surface area contributed by atoms with Gasteiger partial charge in [-0.25, -0.2) is 15.0 Å². The molecule has 4 aromatic heterocycles. The number of imidazole rings is 2. The number of H-pyrrole nitrogens is 1. The lowest BCUT2D eigenvalue weighted by atomic mass is 10.3. The van der Waals surface area contributed by atoms with Crippen molar-refractivity contribution in [2.75, 3.05) is 0 Å². The van der Waals surface area contributed by atoms with Crippen LogP contribution in [0.1, 0.15) is 38.1 Å². The Balaban J connectivity index is 2.15. The van der Waals surface area contributed by atoms with E-state index in [1.54, 1.807) is 12.4 Å². The van der Waals surface area contributed by atoms with Crippen LogP contribution in [0.4, 0.5) is 0 Å². The largest absolute Gasteiger partial charge is 0.316 e. The second-order valence-corrected chi connectivity index (χ2v) is 5.79. The minimum atomic E-state index is -0.178. The van der Waals surface area contributed by atoms with Crippen molar-refractivity contribution in [3.8, 4) is 5.95 Å². The second-order valence-electron chi connectivity index (χ2n) is 5.79. The van der Waals surface area contributed by atoms with Gasteiger partial charge in [0.2, 0.25) is 5.95 Å². The number of hydrogen-bond donors (Lipinski definition) is 1. The summed E-state index contributed by atoms with van der Waals surface area (Å²) in [6, 6.07) is 0. The monoisotopic (exact) mass is 337 g/mol. The Morgan fingerprint density at radius 2 is 1.84 bits per heavy atom. The third kappa shape index (κ3) is 2.25. The molecule has 0 radical (unpaired) electrons. The molecule has 128 valence electrons. The molecule has 8 nitrogen and oxygen atoms in total. The van der Waals surface area contributed by atoms with E-state index in [0.29, 0.717) is 35.5 Å². The van der Waals surface area contributed by atoms with Crippen molar-refractivity contribution in [1.82, 2.24) is 33.9 Å². The van der Waals surface area contributed by atoms with Crippen molar-refractivity contribution < 1.29 is 0 Å².